The normalized spacial score (nSPS) is 17.9. The summed E-state index contributed by atoms with van der Waals surface area (Å²) >= 11 is 1.59. The molecule has 5 nitrogen and oxygen atoms in total. The summed E-state index contributed by atoms with van der Waals surface area (Å²) < 4.78 is 6.05. The lowest BCUT2D eigenvalue weighted by Crippen LogP contribution is -2.33. The van der Waals surface area contributed by atoms with E-state index in [2.05, 4.69) is 74.1 Å². The van der Waals surface area contributed by atoms with E-state index in [1.165, 1.54) is 29.5 Å². The minimum absolute atomic E-state index is 0.149. The van der Waals surface area contributed by atoms with Crippen LogP contribution in [0.5, 0.6) is 0 Å². The van der Waals surface area contributed by atoms with Gasteiger partial charge in [0.15, 0.2) is 0 Å². The van der Waals surface area contributed by atoms with Crippen molar-refractivity contribution in [2.45, 2.75) is 78.1 Å². The topological polar surface area (TPSA) is 77.3 Å². The van der Waals surface area contributed by atoms with Gasteiger partial charge in [-0.2, -0.15) is 0 Å². The average Bonchev–Trinajstić information content (AvgIpc) is 3.52. The maximum atomic E-state index is 6.07. The molecule has 0 atom stereocenters. The maximum absolute atomic E-state index is 6.07. The lowest BCUT2D eigenvalue weighted by molar-refractivity contribution is 0.332. The Morgan fingerprint density at radius 2 is 1.80 bits per heavy atom. The number of nitrogens with zero attached hydrogens (tertiary/aromatic N) is 3. The third-order valence-electron chi connectivity index (χ3n) is 6.98. The number of benzene rings is 1. The summed E-state index contributed by atoms with van der Waals surface area (Å²) in [7, 11) is 0. The van der Waals surface area contributed by atoms with Gasteiger partial charge < -0.3 is 10.2 Å². The quantitative estimate of drug-likeness (QED) is 0.214. The second-order valence-electron chi connectivity index (χ2n) is 10.8. The molecule has 4 rings (SSSR count). The van der Waals surface area contributed by atoms with E-state index in [1.54, 1.807) is 11.3 Å². The molecule has 0 unspecified atom stereocenters. The highest BCUT2D eigenvalue weighted by Crippen LogP contribution is 2.46. The van der Waals surface area contributed by atoms with Crippen LogP contribution in [0.4, 0.5) is 0 Å². The predicted molar refractivity (Wildman–Crippen MR) is 146 cm³/mol. The van der Waals surface area contributed by atoms with Crippen molar-refractivity contribution in [3.05, 3.63) is 81.0 Å². The predicted octanol–water partition coefficient (Wildman–Crippen LogP) is 7.34. The number of aryl methyl sites for hydroxylation is 1. The van der Waals surface area contributed by atoms with E-state index in [0.29, 0.717) is 24.0 Å². The van der Waals surface area contributed by atoms with Crippen LogP contribution in [-0.4, -0.2) is 16.0 Å². The molecule has 0 aliphatic heterocycles. The third-order valence-corrected chi connectivity index (χ3v) is 7.87. The molecule has 6 heteroatoms. The summed E-state index contributed by atoms with van der Waals surface area (Å²) in [4.78, 5) is 5.46. The summed E-state index contributed by atoms with van der Waals surface area (Å²) in [5.74, 6) is 1.80. The number of nitrogens with two attached hydrogens (primary N) is 1. The SMILES string of the molecule is C/C(=C\C=C(/C)N=C(N)c1cccs1)CCc1nnc(-c2ccc3c(c2)C(C)(C)CCC3(C)C)o1. The first-order chi connectivity index (χ1) is 16.5. The van der Waals surface area contributed by atoms with Gasteiger partial charge in [0.25, 0.3) is 0 Å². The molecule has 0 saturated heterocycles. The standard InChI is InChI=1S/C29H36N4OS/c1-19(9-11-20(2)31-26(30)24-8-7-17-35-24)10-14-25-32-33-27(34-25)21-12-13-22-23(18-21)29(5,6)16-15-28(22,3)4/h7-9,11-13,17-18H,10,14-16H2,1-6H3,(H2,30,31)/b19-9+,20-11+. The van der Waals surface area contributed by atoms with Crippen molar-refractivity contribution in [2.24, 2.45) is 10.7 Å². The van der Waals surface area contributed by atoms with Gasteiger partial charge >= 0.3 is 0 Å². The van der Waals surface area contributed by atoms with E-state index in [-0.39, 0.29) is 10.8 Å². The molecule has 0 bridgehead atoms. The zero-order valence-corrected chi connectivity index (χ0v) is 22.5. The van der Waals surface area contributed by atoms with Crippen LogP contribution in [0, 0.1) is 0 Å². The molecule has 0 saturated carbocycles. The van der Waals surface area contributed by atoms with Crippen LogP contribution in [0.15, 0.2) is 68.5 Å². The minimum Gasteiger partial charge on any atom is -0.421 e. The summed E-state index contributed by atoms with van der Waals surface area (Å²) in [5, 5.41) is 10.7. The Morgan fingerprint density at radius 1 is 1.06 bits per heavy atom. The van der Waals surface area contributed by atoms with Gasteiger partial charge in [0.1, 0.15) is 5.84 Å². The number of hydrogen-bond acceptors (Lipinski definition) is 5. The van der Waals surface area contributed by atoms with Crippen molar-refractivity contribution in [3.8, 4) is 11.5 Å². The lowest BCUT2D eigenvalue weighted by atomic mass is 9.63. The fourth-order valence-corrected chi connectivity index (χ4v) is 5.18. The van der Waals surface area contributed by atoms with E-state index in [4.69, 9.17) is 10.2 Å². The fourth-order valence-electron chi connectivity index (χ4n) is 4.55. The Morgan fingerprint density at radius 3 is 2.51 bits per heavy atom. The Balaban J connectivity index is 1.42. The summed E-state index contributed by atoms with van der Waals surface area (Å²) in [6.45, 7) is 13.4. The molecule has 2 heterocycles. The molecular formula is C29H36N4OS. The van der Waals surface area contributed by atoms with Crippen molar-refractivity contribution >= 4 is 17.2 Å². The zero-order valence-electron chi connectivity index (χ0n) is 21.7. The number of fused-ring (bicyclic) bond motifs is 1. The summed E-state index contributed by atoms with van der Waals surface area (Å²) in [5.41, 5.74) is 12.3. The van der Waals surface area contributed by atoms with Gasteiger partial charge in [-0.25, -0.2) is 4.99 Å². The van der Waals surface area contributed by atoms with E-state index in [9.17, 15) is 0 Å². The van der Waals surface area contributed by atoms with Crippen LogP contribution in [0.1, 0.15) is 82.7 Å². The number of thiophene rings is 1. The van der Waals surface area contributed by atoms with Gasteiger partial charge in [0, 0.05) is 17.7 Å². The van der Waals surface area contributed by atoms with Gasteiger partial charge in [0.2, 0.25) is 11.8 Å². The van der Waals surface area contributed by atoms with Crippen molar-refractivity contribution in [2.75, 3.05) is 0 Å². The summed E-state index contributed by atoms with van der Waals surface area (Å²) in [6, 6.07) is 10.6. The average molecular weight is 489 g/mol. The Labute approximate surface area is 212 Å². The Hall–Kier alpha value is -2.99. The number of aromatic nitrogens is 2. The van der Waals surface area contributed by atoms with E-state index >= 15 is 0 Å². The summed E-state index contributed by atoms with van der Waals surface area (Å²) in [6.07, 6.45) is 7.98. The fraction of sp³-hybridized carbons (Fsp3) is 0.414. The van der Waals surface area contributed by atoms with Gasteiger partial charge in [-0.3, -0.25) is 0 Å². The zero-order chi connectivity index (χ0) is 25.2. The van der Waals surface area contributed by atoms with E-state index in [1.807, 2.05) is 30.5 Å². The van der Waals surface area contributed by atoms with Gasteiger partial charge in [-0.15, -0.1) is 21.5 Å². The Bertz CT molecular complexity index is 1280. The van der Waals surface area contributed by atoms with Gasteiger partial charge in [0.05, 0.1) is 4.88 Å². The lowest BCUT2D eigenvalue weighted by Gasteiger charge is -2.41. The van der Waals surface area contributed by atoms with Crippen LogP contribution < -0.4 is 5.73 Å². The van der Waals surface area contributed by atoms with E-state index in [0.717, 1.165) is 22.6 Å². The highest BCUT2D eigenvalue weighted by atomic mass is 32.1. The van der Waals surface area contributed by atoms with Crippen molar-refractivity contribution in [1.29, 1.82) is 0 Å². The smallest absolute Gasteiger partial charge is 0.247 e. The minimum atomic E-state index is 0.149. The number of rotatable bonds is 7. The number of hydrogen-bond donors (Lipinski definition) is 1. The first kappa shape index (κ1) is 25.1. The van der Waals surface area contributed by atoms with Crippen LogP contribution in [0.3, 0.4) is 0 Å². The van der Waals surface area contributed by atoms with Gasteiger partial charge in [-0.05, 0) is 84.7 Å². The molecule has 184 valence electrons. The van der Waals surface area contributed by atoms with Crippen LogP contribution in [-0.2, 0) is 17.3 Å². The van der Waals surface area contributed by atoms with Crippen LogP contribution in [0.2, 0.25) is 0 Å². The molecule has 0 amide bonds. The Kier molecular flexibility index (Phi) is 7.13. The van der Waals surface area contributed by atoms with E-state index < -0.39 is 0 Å². The number of aliphatic imine (C=N–C) groups is 1. The molecular weight excluding hydrogens is 452 g/mol. The number of amidine groups is 1. The molecule has 1 aliphatic rings. The monoisotopic (exact) mass is 488 g/mol. The first-order valence-corrected chi connectivity index (χ1v) is 13.1. The molecule has 0 fully saturated rings. The van der Waals surface area contributed by atoms with Crippen LogP contribution in [0.25, 0.3) is 11.5 Å². The highest BCUT2D eigenvalue weighted by molar-refractivity contribution is 7.12. The van der Waals surface area contributed by atoms with Crippen molar-refractivity contribution in [1.82, 2.24) is 10.2 Å². The molecule has 35 heavy (non-hydrogen) atoms. The van der Waals surface area contributed by atoms with Crippen molar-refractivity contribution < 1.29 is 4.42 Å². The number of allylic oxidation sites excluding steroid dienone is 4. The molecule has 0 spiro atoms. The highest BCUT2D eigenvalue weighted by Gasteiger charge is 2.37. The molecule has 0 radical (unpaired) electrons. The third kappa shape index (κ3) is 5.81. The maximum Gasteiger partial charge on any atom is 0.247 e. The van der Waals surface area contributed by atoms with Gasteiger partial charge in [-0.1, -0.05) is 51.5 Å². The first-order valence-electron chi connectivity index (χ1n) is 12.2. The second kappa shape index (κ2) is 9.94. The molecule has 2 aromatic heterocycles. The van der Waals surface area contributed by atoms with Crippen molar-refractivity contribution in [3.63, 3.8) is 0 Å². The van der Waals surface area contributed by atoms with Crippen LogP contribution >= 0.6 is 11.3 Å². The molecule has 1 aromatic carbocycles. The second-order valence-corrected chi connectivity index (χ2v) is 11.8. The largest absolute Gasteiger partial charge is 0.421 e. The molecule has 3 aromatic rings. The molecule has 1 aliphatic carbocycles. The molecule has 2 N–H and O–H groups in total.